The van der Waals surface area contributed by atoms with Gasteiger partial charge in [0.1, 0.15) is 28.7 Å². The Bertz CT molecular complexity index is 1650. The van der Waals surface area contributed by atoms with Gasteiger partial charge in [-0.05, 0) is 37.5 Å². The fourth-order valence-corrected chi connectivity index (χ4v) is 7.15. The van der Waals surface area contributed by atoms with Crippen LogP contribution in [0.4, 0.5) is 5.13 Å². The number of fused-ring (bicyclic) bond motifs is 1. The highest BCUT2D eigenvalue weighted by molar-refractivity contribution is 7.22. The van der Waals surface area contributed by atoms with Gasteiger partial charge in [-0.15, -0.1) is 0 Å². The molecule has 2 atom stereocenters. The molecule has 3 heterocycles. The highest BCUT2D eigenvalue weighted by Crippen LogP contribution is 2.46. The third-order valence-electron chi connectivity index (χ3n) is 7.83. The van der Waals surface area contributed by atoms with Gasteiger partial charge in [-0.2, -0.15) is 0 Å². The summed E-state index contributed by atoms with van der Waals surface area (Å²) in [4.78, 5) is 33.1. The van der Waals surface area contributed by atoms with E-state index in [1.165, 1.54) is 25.6 Å². The van der Waals surface area contributed by atoms with Crippen LogP contribution in [-0.4, -0.2) is 55.0 Å². The Kier molecular flexibility index (Phi) is 8.04. The van der Waals surface area contributed by atoms with Crippen LogP contribution in [0.15, 0.2) is 34.9 Å². The number of aromatic nitrogens is 2. The topological polar surface area (TPSA) is 104 Å². The quantitative estimate of drug-likeness (QED) is 0.183. The van der Waals surface area contributed by atoms with Gasteiger partial charge in [0.2, 0.25) is 0 Å². The number of halogens is 2. The molecule has 0 spiro atoms. The van der Waals surface area contributed by atoms with E-state index in [4.69, 9.17) is 46.9 Å². The first-order chi connectivity index (χ1) is 20.3. The summed E-state index contributed by atoms with van der Waals surface area (Å²) in [7, 11) is 2.86. The third kappa shape index (κ3) is 5.31. The van der Waals surface area contributed by atoms with Crippen molar-refractivity contribution in [1.29, 1.82) is 0 Å². The molecule has 1 aliphatic carbocycles. The van der Waals surface area contributed by atoms with Crippen molar-refractivity contribution < 1.29 is 28.3 Å². The largest absolute Gasteiger partial charge is 0.496 e. The summed E-state index contributed by atoms with van der Waals surface area (Å²) in [6, 6.07) is 8.78. The maximum absolute atomic E-state index is 13.7. The molecule has 220 valence electrons. The molecule has 0 amide bonds. The second-order valence-corrected chi connectivity index (χ2v) is 12.3. The van der Waals surface area contributed by atoms with E-state index in [9.17, 15) is 9.59 Å². The zero-order valence-corrected chi connectivity index (χ0v) is 25.6. The van der Waals surface area contributed by atoms with Crippen molar-refractivity contribution in [2.45, 2.75) is 57.1 Å². The molecule has 4 aromatic rings. The molecular weight excluding hydrogens is 601 g/mol. The number of benzene rings is 2. The van der Waals surface area contributed by atoms with E-state index in [0.717, 1.165) is 34.6 Å². The minimum absolute atomic E-state index is 0.0990. The van der Waals surface area contributed by atoms with Gasteiger partial charge >= 0.3 is 11.9 Å². The van der Waals surface area contributed by atoms with E-state index < -0.39 is 11.9 Å². The number of esters is 2. The van der Waals surface area contributed by atoms with Crippen molar-refractivity contribution in [3.05, 3.63) is 57.3 Å². The smallest absolute Gasteiger partial charge is 0.344 e. The number of nitrogens with zero attached hydrogens (tertiary/aromatic N) is 3. The van der Waals surface area contributed by atoms with Crippen LogP contribution in [-0.2, 0) is 9.47 Å². The Labute approximate surface area is 256 Å². The van der Waals surface area contributed by atoms with Crippen LogP contribution >= 0.6 is 34.5 Å². The molecule has 42 heavy (non-hydrogen) atoms. The molecule has 2 aromatic heterocycles. The van der Waals surface area contributed by atoms with Gasteiger partial charge in [-0.1, -0.05) is 52.7 Å². The van der Waals surface area contributed by atoms with Crippen LogP contribution in [0.5, 0.6) is 5.75 Å². The first-order valence-electron chi connectivity index (χ1n) is 13.8. The number of anilines is 1. The van der Waals surface area contributed by atoms with Crippen molar-refractivity contribution in [2.75, 3.05) is 25.7 Å². The summed E-state index contributed by atoms with van der Waals surface area (Å²) < 4.78 is 23.0. The normalized spacial score (nSPS) is 18.7. The molecule has 1 aliphatic heterocycles. The van der Waals surface area contributed by atoms with Crippen LogP contribution in [0, 0.1) is 0 Å². The van der Waals surface area contributed by atoms with Crippen molar-refractivity contribution in [2.24, 2.45) is 0 Å². The number of hydrogen-bond donors (Lipinski definition) is 0. The first kappa shape index (κ1) is 28.8. The van der Waals surface area contributed by atoms with Crippen molar-refractivity contribution in [3.8, 4) is 17.0 Å². The van der Waals surface area contributed by atoms with Gasteiger partial charge in [0.15, 0.2) is 10.9 Å². The minimum Gasteiger partial charge on any atom is -0.496 e. The molecule has 0 radical (unpaired) electrons. The lowest BCUT2D eigenvalue weighted by Crippen LogP contribution is -2.45. The number of hydrogen-bond acceptors (Lipinski definition) is 10. The van der Waals surface area contributed by atoms with Gasteiger partial charge in [-0.3, -0.25) is 0 Å². The fourth-order valence-electron chi connectivity index (χ4n) is 5.49. The molecule has 2 aliphatic rings. The highest BCUT2D eigenvalue weighted by atomic mass is 35.5. The average Bonchev–Trinajstić information content (AvgIpc) is 3.61. The minimum atomic E-state index is -0.472. The lowest BCUT2D eigenvalue weighted by Gasteiger charge is -2.38. The number of rotatable bonds is 8. The predicted octanol–water partition coefficient (Wildman–Crippen LogP) is 7.54. The molecule has 1 saturated heterocycles. The van der Waals surface area contributed by atoms with Crippen LogP contribution < -0.4 is 9.64 Å². The van der Waals surface area contributed by atoms with Crippen molar-refractivity contribution in [1.82, 2.24) is 10.1 Å². The highest BCUT2D eigenvalue weighted by Gasteiger charge is 2.39. The summed E-state index contributed by atoms with van der Waals surface area (Å²) in [6.07, 6.45) is 3.66. The maximum atomic E-state index is 13.7. The van der Waals surface area contributed by atoms with E-state index in [2.05, 4.69) is 17.0 Å². The summed E-state index contributed by atoms with van der Waals surface area (Å²) in [5.41, 5.74) is 2.20. The molecule has 0 bridgehead atoms. The fraction of sp³-hybridized carbons (Fsp3) is 0.400. The van der Waals surface area contributed by atoms with E-state index in [0.29, 0.717) is 63.3 Å². The third-order valence-corrected chi connectivity index (χ3v) is 9.52. The number of carbonyl (C=O) groups excluding carboxylic acids is 2. The molecule has 1 saturated carbocycles. The Hall–Kier alpha value is -3.34. The number of methoxy groups -OCH3 is 2. The van der Waals surface area contributed by atoms with Gasteiger partial charge in [0.05, 0.1) is 34.5 Å². The molecule has 6 rings (SSSR count). The van der Waals surface area contributed by atoms with Crippen LogP contribution in [0.1, 0.15) is 71.4 Å². The number of ether oxygens (including phenoxy) is 3. The maximum Gasteiger partial charge on any atom is 0.344 e. The Morgan fingerprint density at radius 1 is 1.12 bits per heavy atom. The molecule has 2 fully saturated rings. The lowest BCUT2D eigenvalue weighted by atomic mass is 9.97. The predicted molar refractivity (Wildman–Crippen MR) is 161 cm³/mol. The van der Waals surface area contributed by atoms with Crippen LogP contribution in [0.25, 0.3) is 21.5 Å². The first-order valence-corrected chi connectivity index (χ1v) is 15.4. The van der Waals surface area contributed by atoms with Gasteiger partial charge in [0, 0.05) is 43.0 Å². The summed E-state index contributed by atoms with van der Waals surface area (Å²) >= 11 is 14.4. The van der Waals surface area contributed by atoms with E-state index >= 15 is 0 Å². The summed E-state index contributed by atoms with van der Waals surface area (Å²) in [5, 5.41) is 5.84. The Balaban J connectivity index is 1.23. The SMILES string of the molecule is CC[C@@H]1C[C@H](OC(=O)c2c(-c3c(Cl)cccc3Cl)noc2C2CC2)CCN1c1nc2cc(OC)c(C(=O)OC)cc2s1. The molecule has 0 unspecified atom stereocenters. The van der Waals surface area contributed by atoms with Gasteiger partial charge in [-0.25, -0.2) is 14.6 Å². The van der Waals surface area contributed by atoms with Crippen molar-refractivity contribution >= 4 is 61.8 Å². The molecular formula is C30H29Cl2N3O6S. The second-order valence-electron chi connectivity index (χ2n) is 10.5. The number of carbonyl (C=O) groups is 2. The average molecular weight is 631 g/mol. The van der Waals surface area contributed by atoms with E-state index in [1.54, 1.807) is 30.3 Å². The van der Waals surface area contributed by atoms with Gasteiger partial charge < -0.3 is 23.6 Å². The Morgan fingerprint density at radius 3 is 2.55 bits per heavy atom. The number of thiazole rings is 1. The zero-order chi connectivity index (χ0) is 29.5. The van der Waals surface area contributed by atoms with Crippen LogP contribution in [0.3, 0.4) is 0 Å². The molecule has 0 N–H and O–H groups in total. The molecule has 9 nitrogen and oxygen atoms in total. The van der Waals surface area contributed by atoms with Crippen molar-refractivity contribution in [3.63, 3.8) is 0 Å². The summed E-state index contributed by atoms with van der Waals surface area (Å²) in [5.74, 6) is 0.153. The van der Waals surface area contributed by atoms with E-state index in [-0.39, 0.29) is 18.1 Å². The zero-order valence-electron chi connectivity index (χ0n) is 23.3. The second kappa shape index (κ2) is 11.7. The molecule has 12 heteroatoms. The number of piperidine rings is 1. The van der Waals surface area contributed by atoms with Gasteiger partial charge in [0.25, 0.3) is 0 Å². The lowest BCUT2D eigenvalue weighted by molar-refractivity contribution is 0.0206. The monoisotopic (exact) mass is 629 g/mol. The Morgan fingerprint density at radius 2 is 1.88 bits per heavy atom. The molecule has 2 aromatic carbocycles. The van der Waals surface area contributed by atoms with E-state index in [1.807, 2.05) is 0 Å². The standard InChI is InChI=1S/C30H29Cl2N3O6S/c1-4-16-12-17(10-11-35(16)30-33-21-14-22(38-2)18(28(36)39-3)13-23(21)42-30)40-29(37)25-26(34-41-27(25)15-8-9-15)24-19(31)6-5-7-20(24)32/h5-7,13-17H,4,8-12H2,1-3H3/t16-,17-/m1/s1. The van der Waals surface area contributed by atoms with Crippen LogP contribution in [0.2, 0.25) is 10.0 Å². The summed E-state index contributed by atoms with van der Waals surface area (Å²) in [6.45, 7) is 2.76.